The molecule has 0 spiro atoms. The van der Waals surface area contributed by atoms with Crippen LogP contribution < -0.4 is 5.32 Å². The topological polar surface area (TPSA) is 24.5 Å². The first-order valence-corrected chi connectivity index (χ1v) is 7.83. The van der Waals surface area contributed by atoms with Crippen LogP contribution in [-0.4, -0.2) is 49.8 Å². The number of hydrogen-bond acceptors (Lipinski definition) is 3. The van der Waals surface area contributed by atoms with Gasteiger partial charge in [0.05, 0.1) is 0 Å². The zero-order chi connectivity index (χ0) is 12.8. The zero-order valence-electron chi connectivity index (χ0n) is 12.2. The number of fused-ring (bicyclic) bond motifs is 2. The lowest BCUT2D eigenvalue weighted by atomic mass is 9.81. The van der Waals surface area contributed by atoms with Crippen molar-refractivity contribution in [1.29, 1.82) is 0 Å². The smallest absolute Gasteiger partial charge is 0.0474 e. The summed E-state index contributed by atoms with van der Waals surface area (Å²) in [7, 11) is 1.81. The Morgan fingerprint density at radius 3 is 2.56 bits per heavy atom. The average molecular weight is 254 g/mol. The molecule has 2 saturated heterocycles. The Bertz CT molecular complexity index is 221. The van der Waals surface area contributed by atoms with Crippen LogP contribution in [0.5, 0.6) is 0 Å². The van der Waals surface area contributed by atoms with Crippen LogP contribution >= 0.6 is 0 Å². The molecule has 3 heteroatoms. The van der Waals surface area contributed by atoms with Crippen LogP contribution in [0.3, 0.4) is 0 Å². The fraction of sp³-hybridized carbons (Fsp3) is 1.00. The van der Waals surface area contributed by atoms with Crippen LogP contribution in [0.15, 0.2) is 0 Å². The summed E-state index contributed by atoms with van der Waals surface area (Å²) in [5, 5.41) is 3.74. The molecule has 0 aromatic carbocycles. The van der Waals surface area contributed by atoms with Crippen molar-refractivity contribution < 1.29 is 4.74 Å². The SMILES string of the molecule is CCCNC1CC2CCCC(C1)N2CCCOC. The molecule has 3 nitrogen and oxygen atoms in total. The molecular weight excluding hydrogens is 224 g/mol. The van der Waals surface area contributed by atoms with Gasteiger partial charge in [0.1, 0.15) is 0 Å². The van der Waals surface area contributed by atoms with E-state index < -0.39 is 0 Å². The number of hydrogen-bond donors (Lipinski definition) is 1. The van der Waals surface area contributed by atoms with Gasteiger partial charge in [0.2, 0.25) is 0 Å². The molecule has 2 heterocycles. The van der Waals surface area contributed by atoms with Crippen molar-refractivity contribution in [3.05, 3.63) is 0 Å². The lowest BCUT2D eigenvalue weighted by molar-refractivity contribution is 0.0185. The molecule has 0 aromatic heterocycles. The number of ether oxygens (including phenoxy) is 1. The monoisotopic (exact) mass is 254 g/mol. The van der Waals surface area contributed by atoms with Crippen molar-refractivity contribution >= 4 is 0 Å². The van der Waals surface area contributed by atoms with Crippen LogP contribution in [0, 0.1) is 0 Å². The molecular formula is C15H30N2O. The van der Waals surface area contributed by atoms with Gasteiger partial charge in [-0.2, -0.15) is 0 Å². The second kappa shape index (κ2) is 7.46. The van der Waals surface area contributed by atoms with Crippen molar-refractivity contribution in [1.82, 2.24) is 10.2 Å². The standard InChI is InChI=1S/C15H30N2O/c1-3-8-16-13-11-14-6-4-7-15(12-13)17(14)9-5-10-18-2/h13-16H,3-12H2,1-2H3. The van der Waals surface area contributed by atoms with Gasteiger partial charge in [-0.25, -0.2) is 0 Å². The van der Waals surface area contributed by atoms with Crippen molar-refractivity contribution in [2.45, 2.75) is 70.0 Å². The summed E-state index contributed by atoms with van der Waals surface area (Å²) in [6, 6.07) is 2.45. The lowest BCUT2D eigenvalue weighted by Gasteiger charge is -2.49. The first-order valence-electron chi connectivity index (χ1n) is 7.83. The summed E-state index contributed by atoms with van der Waals surface area (Å²) in [5.41, 5.74) is 0. The van der Waals surface area contributed by atoms with E-state index in [-0.39, 0.29) is 0 Å². The fourth-order valence-corrected chi connectivity index (χ4v) is 3.75. The van der Waals surface area contributed by atoms with Gasteiger partial charge in [-0.3, -0.25) is 4.90 Å². The third-order valence-corrected chi connectivity index (χ3v) is 4.57. The van der Waals surface area contributed by atoms with Crippen molar-refractivity contribution in [2.75, 3.05) is 26.8 Å². The van der Waals surface area contributed by atoms with Gasteiger partial charge in [0, 0.05) is 38.4 Å². The molecule has 2 bridgehead atoms. The van der Waals surface area contributed by atoms with Crippen molar-refractivity contribution in [3.63, 3.8) is 0 Å². The quantitative estimate of drug-likeness (QED) is 0.706. The van der Waals surface area contributed by atoms with E-state index in [9.17, 15) is 0 Å². The number of nitrogens with zero attached hydrogens (tertiary/aromatic N) is 1. The molecule has 2 aliphatic heterocycles. The predicted octanol–water partition coefficient (Wildman–Crippen LogP) is 2.41. The Morgan fingerprint density at radius 1 is 1.22 bits per heavy atom. The maximum atomic E-state index is 5.19. The summed E-state index contributed by atoms with van der Waals surface area (Å²) < 4.78 is 5.19. The molecule has 2 fully saturated rings. The third-order valence-electron chi connectivity index (χ3n) is 4.57. The molecule has 0 aliphatic carbocycles. The highest BCUT2D eigenvalue weighted by Gasteiger charge is 2.37. The van der Waals surface area contributed by atoms with Gasteiger partial charge in [-0.05, 0) is 45.1 Å². The van der Waals surface area contributed by atoms with E-state index in [1.54, 1.807) is 0 Å². The number of rotatable bonds is 7. The Morgan fingerprint density at radius 2 is 1.94 bits per heavy atom. The van der Waals surface area contributed by atoms with Crippen LogP contribution in [0.4, 0.5) is 0 Å². The van der Waals surface area contributed by atoms with E-state index in [1.807, 2.05) is 7.11 Å². The van der Waals surface area contributed by atoms with Gasteiger partial charge >= 0.3 is 0 Å². The number of nitrogens with one attached hydrogen (secondary N) is 1. The molecule has 18 heavy (non-hydrogen) atoms. The summed E-state index contributed by atoms with van der Waals surface area (Å²) >= 11 is 0. The molecule has 0 saturated carbocycles. The summed E-state index contributed by atoms with van der Waals surface area (Å²) in [6.45, 7) is 5.60. The third kappa shape index (κ3) is 3.69. The molecule has 2 atom stereocenters. The normalized spacial score (nSPS) is 32.7. The molecule has 1 N–H and O–H groups in total. The van der Waals surface area contributed by atoms with Gasteiger partial charge in [-0.1, -0.05) is 13.3 Å². The van der Waals surface area contributed by atoms with E-state index in [4.69, 9.17) is 4.74 Å². The first kappa shape index (κ1) is 14.3. The van der Waals surface area contributed by atoms with Gasteiger partial charge < -0.3 is 10.1 Å². The average Bonchev–Trinajstić information content (AvgIpc) is 2.36. The molecule has 2 rings (SSSR count). The largest absolute Gasteiger partial charge is 0.385 e. The Hall–Kier alpha value is -0.120. The minimum atomic E-state index is 0.777. The zero-order valence-corrected chi connectivity index (χ0v) is 12.2. The van der Waals surface area contributed by atoms with E-state index in [2.05, 4.69) is 17.1 Å². The van der Waals surface area contributed by atoms with E-state index in [0.29, 0.717) is 0 Å². The summed E-state index contributed by atoms with van der Waals surface area (Å²) in [5.74, 6) is 0. The fourth-order valence-electron chi connectivity index (χ4n) is 3.75. The molecule has 0 aromatic rings. The van der Waals surface area contributed by atoms with E-state index >= 15 is 0 Å². The highest BCUT2D eigenvalue weighted by atomic mass is 16.5. The maximum Gasteiger partial charge on any atom is 0.0474 e. The lowest BCUT2D eigenvalue weighted by Crippen LogP contribution is -2.56. The maximum absolute atomic E-state index is 5.19. The van der Waals surface area contributed by atoms with Crippen molar-refractivity contribution in [3.8, 4) is 0 Å². The summed E-state index contributed by atoms with van der Waals surface area (Å²) in [4.78, 5) is 2.78. The van der Waals surface area contributed by atoms with Crippen LogP contribution in [0.2, 0.25) is 0 Å². The summed E-state index contributed by atoms with van der Waals surface area (Å²) in [6.07, 6.45) is 9.44. The molecule has 106 valence electrons. The minimum absolute atomic E-state index is 0.777. The van der Waals surface area contributed by atoms with Crippen molar-refractivity contribution in [2.24, 2.45) is 0 Å². The molecule has 0 radical (unpaired) electrons. The van der Waals surface area contributed by atoms with E-state index in [0.717, 1.165) is 24.7 Å². The van der Waals surface area contributed by atoms with E-state index in [1.165, 1.54) is 58.0 Å². The Kier molecular flexibility index (Phi) is 5.93. The Labute approximate surface area is 112 Å². The van der Waals surface area contributed by atoms with Gasteiger partial charge in [0.25, 0.3) is 0 Å². The second-order valence-corrected chi connectivity index (χ2v) is 5.95. The van der Waals surface area contributed by atoms with Gasteiger partial charge in [-0.15, -0.1) is 0 Å². The van der Waals surface area contributed by atoms with Crippen LogP contribution in [0.25, 0.3) is 0 Å². The first-order chi connectivity index (χ1) is 8.85. The molecule has 2 aliphatic rings. The Balaban J connectivity index is 1.82. The molecule has 0 amide bonds. The van der Waals surface area contributed by atoms with Crippen LogP contribution in [0.1, 0.15) is 51.9 Å². The highest BCUT2D eigenvalue weighted by molar-refractivity contribution is 4.94. The molecule has 2 unspecified atom stereocenters. The predicted molar refractivity (Wildman–Crippen MR) is 75.9 cm³/mol. The highest BCUT2D eigenvalue weighted by Crippen LogP contribution is 2.34. The number of piperidine rings is 2. The van der Waals surface area contributed by atoms with Gasteiger partial charge in [0.15, 0.2) is 0 Å². The second-order valence-electron chi connectivity index (χ2n) is 5.95. The number of methoxy groups -OCH3 is 1. The van der Waals surface area contributed by atoms with Crippen LogP contribution in [-0.2, 0) is 4.74 Å². The minimum Gasteiger partial charge on any atom is -0.385 e.